The Hall–Kier alpha value is -1.53. The van der Waals surface area contributed by atoms with Gasteiger partial charge in [-0.1, -0.05) is 23.2 Å². The van der Waals surface area contributed by atoms with Crippen molar-refractivity contribution in [2.75, 3.05) is 0 Å². The average Bonchev–Trinajstić information content (AvgIpc) is 2.71. The summed E-state index contributed by atoms with van der Waals surface area (Å²) in [5.41, 5.74) is 1.11. The van der Waals surface area contributed by atoms with Crippen LogP contribution in [0.3, 0.4) is 0 Å². The second kappa shape index (κ2) is 4.99. The number of nitrogens with zero attached hydrogens (tertiary/aromatic N) is 3. The minimum absolute atomic E-state index is 0.257. The molecule has 1 atom stereocenters. The van der Waals surface area contributed by atoms with E-state index in [0.29, 0.717) is 22.8 Å². The van der Waals surface area contributed by atoms with E-state index in [1.54, 1.807) is 19.2 Å². The molecule has 0 bridgehead atoms. The number of hydrogen-bond donors (Lipinski definition) is 2. The summed E-state index contributed by atoms with van der Waals surface area (Å²) in [7, 11) is 0. The van der Waals surface area contributed by atoms with Crippen LogP contribution in [0, 0.1) is 0 Å². The Labute approximate surface area is 113 Å². The molecule has 0 aliphatic heterocycles. The number of hydrogen-bond acceptors (Lipinski definition) is 3. The van der Waals surface area contributed by atoms with Crippen LogP contribution < -0.4 is 5.32 Å². The summed E-state index contributed by atoms with van der Waals surface area (Å²) in [4.78, 5) is 14.7. The van der Waals surface area contributed by atoms with Crippen LogP contribution >= 0.6 is 23.2 Å². The minimum Gasteiger partial charge on any atom is -0.465 e. The maximum Gasteiger partial charge on any atom is 0.404 e. The third-order valence-corrected chi connectivity index (χ3v) is 3.10. The fourth-order valence-electron chi connectivity index (χ4n) is 1.65. The van der Waals surface area contributed by atoms with E-state index in [4.69, 9.17) is 28.3 Å². The standard InChI is InChI=1S/C10H10Cl2N4O2/c1-5(14-10(17)18)4-6-8(11)15-7-2-3-13-16(7)9(6)12/h2-3,5,14H,4H2,1H3,(H,17,18). The lowest BCUT2D eigenvalue weighted by Gasteiger charge is -2.13. The van der Waals surface area contributed by atoms with E-state index in [9.17, 15) is 4.79 Å². The van der Waals surface area contributed by atoms with Gasteiger partial charge < -0.3 is 10.4 Å². The summed E-state index contributed by atoms with van der Waals surface area (Å²) < 4.78 is 1.45. The van der Waals surface area contributed by atoms with E-state index in [2.05, 4.69) is 15.4 Å². The van der Waals surface area contributed by atoms with Gasteiger partial charge in [-0.2, -0.15) is 5.10 Å². The molecule has 0 aromatic carbocycles. The lowest BCUT2D eigenvalue weighted by molar-refractivity contribution is 0.190. The molecule has 0 saturated carbocycles. The molecule has 8 heteroatoms. The molecule has 2 rings (SSSR count). The predicted octanol–water partition coefficient (Wildman–Crippen LogP) is 2.23. The highest BCUT2D eigenvalue weighted by atomic mass is 35.5. The highest BCUT2D eigenvalue weighted by Gasteiger charge is 2.16. The largest absolute Gasteiger partial charge is 0.465 e. The Kier molecular flexibility index (Phi) is 3.58. The molecule has 1 unspecified atom stereocenters. The molecule has 0 radical (unpaired) electrons. The molecule has 2 aromatic rings. The van der Waals surface area contributed by atoms with E-state index in [1.165, 1.54) is 4.52 Å². The van der Waals surface area contributed by atoms with E-state index in [0.717, 1.165) is 0 Å². The number of carbonyl (C=O) groups is 1. The van der Waals surface area contributed by atoms with Crippen molar-refractivity contribution in [1.29, 1.82) is 0 Å². The Bertz CT molecular complexity index is 599. The normalized spacial score (nSPS) is 12.6. The first-order valence-corrected chi connectivity index (χ1v) is 5.91. The molecular formula is C10H10Cl2N4O2. The van der Waals surface area contributed by atoms with Gasteiger partial charge in [0.2, 0.25) is 0 Å². The first kappa shape index (κ1) is 12.9. The fraction of sp³-hybridized carbons (Fsp3) is 0.300. The van der Waals surface area contributed by atoms with E-state index >= 15 is 0 Å². The number of nitrogens with one attached hydrogen (secondary N) is 1. The topological polar surface area (TPSA) is 79.5 Å². The number of rotatable bonds is 3. The van der Waals surface area contributed by atoms with Crippen molar-refractivity contribution in [3.8, 4) is 0 Å². The third-order valence-electron chi connectivity index (χ3n) is 2.40. The molecule has 0 aliphatic carbocycles. The number of aromatic nitrogens is 3. The molecule has 0 spiro atoms. The molecule has 18 heavy (non-hydrogen) atoms. The van der Waals surface area contributed by atoms with Crippen LogP contribution in [0.1, 0.15) is 12.5 Å². The average molecular weight is 289 g/mol. The summed E-state index contributed by atoms with van der Waals surface area (Å²) in [5.74, 6) is 0. The van der Waals surface area contributed by atoms with Crippen LogP contribution in [0.4, 0.5) is 4.79 Å². The van der Waals surface area contributed by atoms with Crippen molar-refractivity contribution in [2.45, 2.75) is 19.4 Å². The number of carboxylic acid groups (broad SMARTS) is 1. The van der Waals surface area contributed by atoms with Crippen molar-refractivity contribution in [1.82, 2.24) is 19.9 Å². The highest BCUT2D eigenvalue weighted by Crippen LogP contribution is 2.25. The maximum atomic E-state index is 10.5. The van der Waals surface area contributed by atoms with Gasteiger partial charge in [0.25, 0.3) is 0 Å². The van der Waals surface area contributed by atoms with Gasteiger partial charge in [-0.05, 0) is 13.3 Å². The van der Waals surface area contributed by atoms with Crippen molar-refractivity contribution < 1.29 is 9.90 Å². The zero-order valence-corrected chi connectivity index (χ0v) is 10.9. The first-order chi connectivity index (χ1) is 8.49. The molecule has 0 aliphatic rings. The highest BCUT2D eigenvalue weighted by molar-refractivity contribution is 6.34. The second-order valence-corrected chi connectivity index (χ2v) is 4.54. The number of halogens is 2. The van der Waals surface area contributed by atoms with Gasteiger partial charge in [-0.25, -0.2) is 14.3 Å². The van der Waals surface area contributed by atoms with Crippen molar-refractivity contribution in [2.24, 2.45) is 0 Å². The van der Waals surface area contributed by atoms with Crippen LogP contribution in [0.5, 0.6) is 0 Å². The zero-order chi connectivity index (χ0) is 13.3. The maximum absolute atomic E-state index is 10.5. The summed E-state index contributed by atoms with van der Waals surface area (Å²) in [6.45, 7) is 1.72. The van der Waals surface area contributed by atoms with Gasteiger partial charge in [0.05, 0.1) is 6.20 Å². The SMILES string of the molecule is CC(Cc1c(Cl)nc2ccnn2c1Cl)NC(=O)O. The zero-order valence-electron chi connectivity index (χ0n) is 9.39. The molecular weight excluding hydrogens is 279 g/mol. The minimum atomic E-state index is -1.09. The molecule has 2 heterocycles. The molecule has 2 aromatic heterocycles. The molecule has 1 amide bonds. The van der Waals surface area contributed by atoms with Gasteiger partial charge in [0.1, 0.15) is 10.3 Å². The van der Waals surface area contributed by atoms with Crippen LogP contribution in [0.25, 0.3) is 5.65 Å². The molecule has 2 N–H and O–H groups in total. The lowest BCUT2D eigenvalue weighted by Crippen LogP contribution is -2.33. The molecule has 6 nitrogen and oxygen atoms in total. The summed E-state index contributed by atoms with van der Waals surface area (Å²) in [5, 5.41) is 15.6. The van der Waals surface area contributed by atoms with E-state index in [1.807, 2.05) is 0 Å². The Morgan fingerprint density at radius 1 is 1.61 bits per heavy atom. The van der Waals surface area contributed by atoms with Crippen molar-refractivity contribution in [3.05, 3.63) is 28.1 Å². The lowest BCUT2D eigenvalue weighted by atomic mass is 10.1. The number of amides is 1. The smallest absolute Gasteiger partial charge is 0.404 e. The third kappa shape index (κ3) is 2.49. The van der Waals surface area contributed by atoms with Crippen LogP contribution in [0.15, 0.2) is 12.3 Å². The van der Waals surface area contributed by atoms with E-state index in [-0.39, 0.29) is 11.2 Å². The molecule has 96 valence electrons. The molecule has 0 saturated heterocycles. The van der Waals surface area contributed by atoms with Crippen LogP contribution in [0.2, 0.25) is 10.3 Å². The van der Waals surface area contributed by atoms with Gasteiger partial charge in [0.15, 0.2) is 5.65 Å². The fourth-order valence-corrected chi connectivity index (χ4v) is 2.25. The Morgan fingerprint density at radius 3 is 3.00 bits per heavy atom. The van der Waals surface area contributed by atoms with Crippen molar-refractivity contribution >= 4 is 34.9 Å². The summed E-state index contributed by atoms with van der Waals surface area (Å²) in [6.07, 6.45) is 0.808. The predicted molar refractivity (Wildman–Crippen MR) is 67.3 cm³/mol. The molecule has 0 fully saturated rings. The first-order valence-electron chi connectivity index (χ1n) is 5.16. The van der Waals surface area contributed by atoms with E-state index < -0.39 is 6.09 Å². The second-order valence-electron chi connectivity index (χ2n) is 3.83. The summed E-state index contributed by atoms with van der Waals surface area (Å²) >= 11 is 12.2. The van der Waals surface area contributed by atoms with Gasteiger partial charge in [-0.15, -0.1) is 0 Å². The quantitative estimate of drug-likeness (QED) is 0.849. The van der Waals surface area contributed by atoms with Crippen molar-refractivity contribution in [3.63, 3.8) is 0 Å². The van der Waals surface area contributed by atoms with Crippen LogP contribution in [-0.2, 0) is 6.42 Å². The monoisotopic (exact) mass is 288 g/mol. The Balaban J connectivity index is 2.35. The van der Waals surface area contributed by atoms with Gasteiger partial charge in [0, 0.05) is 17.7 Å². The Morgan fingerprint density at radius 2 is 2.33 bits per heavy atom. The van der Waals surface area contributed by atoms with Crippen LogP contribution in [-0.4, -0.2) is 31.8 Å². The number of fused-ring (bicyclic) bond motifs is 1. The van der Waals surface area contributed by atoms with Gasteiger partial charge >= 0.3 is 6.09 Å². The van der Waals surface area contributed by atoms with Gasteiger partial charge in [-0.3, -0.25) is 0 Å². The summed E-state index contributed by atoms with van der Waals surface area (Å²) in [6, 6.07) is 1.35.